The molecule has 1 heteroatoms. The molecule has 0 saturated carbocycles. The molecule has 0 spiro atoms. The maximum Gasteiger partial charge on any atom is 0.131 e. The molecule has 0 rings (SSSR count). The maximum absolute atomic E-state index is 12.3. The fourth-order valence-electron chi connectivity index (χ4n) is 0.397. The van der Waals surface area contributed by atoms with Crippen molar-refractivity contribution in [1.82, 2.24) is 0 Å². The first-order chi connectivity index (χ1) is 4.16. The molecule has 9 heavy (non-hydrogen) atoms. The van der Waals surface area contributed by atoms with Gasteiger partial charge >= 0.3 is 0 Å². The average molecular weight is 124 g/mol. The summed E-state index contributed by atoms with van der Waals surface area (Å²) >= 11 is 0. The van der Waals surface area contributed by atoms with E-state index < -0.39 is 0 Å². The molecular weight excluding hydrogens is 115 g/mol. The van der Waals surface area contributed by atoms with Gasteiger partial charge in [0.1, 0.15) is 5.83 Å². The van der Waals surface area contributed by atoms with Crippen molar-refractivity contribution in [3.63, 3.8) is 0 Å². The Bertz CT molecular complexity index is 175. The van der Waals surface area contributed by atoms with Crippen molar-refractivity contribution in [2.24, 2.45) is 0 Å². The van der Waals surface area contributed by atoms with Crippen LogP contribution >= 0.6 is 0 Å². The van der Waals surface area contributed by atoms with Crippen molar-refractivity contribution in [3.8, 4) is 12.3 Å². The van der Waals surface area contributed by atoms with Crippen molar-refractivity contribution < 1.29 is 4.39 Å². The van der Waals surface area contributed by atoms with E-state index >= 15 is 0 Å². The highest BCUT2D eigenvalue weighted by molar-refractivity contribution is 5.23. The third-order valence-electron chi connectivity index (χ3n) is 0.648. The van der Waals surface area contributed by atoms with E-state index in [-0.39, 0.29) is 5.83 Å². The molecule has 0 saturated heterocycles. The van der Waals surface area contributed by atoms with Crippen LogP contribution in [0.5, 0.6) is 0 Å². The highest BCUT2D eigenvalue weighted by Crippen LogP contribution is 2.01. The Labute approximate surface area is 55.1 Å². The highest BCUT2D eigenvalue weighted by atomic mass is 19.1. The van der Waals surface area contributed by atoms with Gasteiger partial charge in [0.15, 0.2) is 0 Å². The molecule has 0 amide bonds. The molecule has 0 heterocycles. The van der Waals surface area contributed by atoms with E-state index in [2.05, 4.69) is 5.92 Å². The van der Waals surface area contributed by atoms with Crippen LogP contribution in [0, 0.1) is 12.3 Å². The lowest BCUT2D eigenvalue weighted by Crippen LogP contribution is -1.66. The van der Waals surface area contributed by atoms with Gasteiger partial charge in [-0.05, 0) is 19.9 Å². The number of halogens is 1. The van der Waals surface area contributed by atoms with Crippen LogP contribution in [0.15, 0.2) is 23.6 Å². The third kappa shape index (κ3) is 4.83. The Balaban J connectivity index is 4.11. The summed E-state index contributed by atoms with van der Waals surface area (Å²) in [6.45, 7) is 3.62. The quantitative estimate of drug-likeness (QED) is 0.372. The molecule has 0 fully saturated rings. The largest absolute Gasteiger partial charge is 0.206 e. The maximum atomic E-state index is 12.3. The van der Waals surface area contributed by atoms with Gasteiger partial charge in [-0.25, -0.2) is 4.39 Å². The Hall–Kier alpha value is -1.03. The van der Waals surface area contributed by atoms with Crippen molar-refractivity contribution in [1.29, 1.82) is 0 Å². The van der Waals surface area contributed by atoms with Gasteiger partial charge in [-0.2, -0.15) is 0 Å². The van der Waals surface area contributed by atoms with Gasteiger partial charge in [0.25, 0.3) is 0 Å². The zero-order valence-electron chi connectivity index (χ0n) is 5.61. The lowest BCUT2D eigenvalue weighted by Gasteiger charge is -1.84. The minimum absolute atomic E-state index is 0.363. The van der Waals surface area contributed by atoms with E-state index in [0.29, 0.717) is 0 Å². The molecule has 0 N–H and O–H groups in total. The van der Waals surface area contributed by atoms with E-state index in [1.807, 2.05) is 13.8 Å². The molecule has 0 aliphatic carbocycles. The second-order valence-corrected chi connectivity index (χ2v) is 1.92. The summed E-state index contributed by atoms with van der Waals surface area (Å²) in [7, 11) is 0. The van der Waals surface area contributed by atoms with Gasteiger partial charge in [0, 0.05) is 6.08 Å². The van der Waals surface area contributed by atoms with Gasteiger partial charge in [-0.15, -0.1) is 6.42 Å². The monoisotopic (exact) mass is 124 g/mol. The first-order valence-corrected chi connectivity index (χ1v) is 2.63. The molecule has 0 aliphatic rings. The van der Waals surface area contributed by atoms with Crippen LogP contribution in [0.1, 0.15) is 13.8 Å². The summed E-state index contributed by atoms with van der Waals surface area (Å²) < 4.78 is 12.3. The SMILES string of the molecule is C#C/C=C(/F)C=C(C)C. The normalized spacial score (nSPS) is 10.2. The Kier molecular flexibility index (Phi) is 3.46. The molecule has 0 unspecified atom stereocenters. The number of terminal acetylenes is 1. The van der Waals surface area contributed by atoms with Gasteiger partial charge in [-0.1, -0.05) is 11.5 Å². The Morgan fingerprint density at radius 2 is 2.11 bits per heavy atom. The van der Waals surface area contributed by atoms with Crippen LogP contribution in [-0.2, 0) is 0 Å². The fourth-order valence-corrected chi connectivity index (χ4v) is 0.397. The van der Waals surface area contributed by atoms with Gasteiger partial charge in [0.2, 0.25) is 0 Å². The van der Waals surface area contributed by atoms with Crippen LogP contribution in [0.25, 0.3) is 0 Å². The summed E-state index contributed by atoms with van der Waals surface area (Å²) in [4.78, 5) is 0. The van der Waals surface area contributed by atoms with Crippen LogP contribution in [-0.4, -0.2) is 0 Å². The highest BCUT2D eigenvalue weighted by Gasteiger charge is 1.83. The van der Waals surface area contributed by atoms with Gasteiger partial charge < -0.3 is 0 Å². The van der Waals surface area contributed by atoms with Gasteiger partial charge in [0.05, 0.1) is 0 Å². The van der Waals surface area contributed by atoms with E-state index in [1.165, 1.54) is 6.08 Å². The zero-order chi connectivity index (χ0) is 7.28. The van der Waals surface area contributed by atoms with Crippen molar-refractivity contribution in [2.75, 3.05) is 0 Å². The standard InChI is InChI=1S/C8H9F/c1-4-5-8(9)6-7(2)3/h1,5-6H,2-3H3/b8-5+. The summed E-state index contributed by atoms with van der Waals surface area (Å²) in [5, 5.41) is 0. The second kappa shape index (κ2) is 3.91. The predicted octanol–water partition coefficient (Wildman–Crippen LogP) is 2.44. The summed E-state index contributed by atoms with van der Waals surface area (Å²) in [5.74, 6) is 1.73. The first kappa shape index (κ1) is 7.97. The summed E-state index contributed by atoms with van der Waals surface area (Å²) in [6, 6.07) is 0. The van der Waals surface area contributed by atoms with Gasteiger partial charge in [-0.3, -0.25) is 0 Å². The average Bonchev–Trinajstić information content (AvgIpc) is 1.63. The molecule has 0 aromatic heterocycles. The van der Waals surface area contributed by atoms with Crippen LogP contribution in [0.3, 0.4) is 0 Å². The van der Waals surface area contributed by atoms with E-state index in [1.54, 1.807) is 0 Å². The molecular formula is C8H9F. The molecule has 0 bridgehead atoms. The third-order valence-corrected chi connectivity index (χ3v) is 0.648. The minimum atomic E-state index is -0.363. The van der Waals surface area contributed by atoms with Crippen LogP contribution < -0.4 is 0 Å². The topological polar surface area (TPSA) is 0 Å². The van der Waals surface area contributed by atoms with Crippen LogP contribution in [0.2, 0.25) is 0 Å². The van der Waals surface area contributed by atoms with E-state index in [0.717, 1.165) is 11.6 Å². The Morgan fingerprint density at radius 1 is 1.56 bits per heavy atom. The molecule has 0 nitrogen and oxygen atoms in total. The number of allylic oxidation sites excluding steroid dienone is 4. The van der Waals surface area contributed by atoms with Crippen molar-refractivity contribution in [2.45, 2.75) is 13.8 Å². The number of hydrogen-bond donors (Lipinski definition) is 0. The number of hydrogen-bond acceptors (Lipinski definition) is 0. The molecule has 0 atom stereocenters. The van der Waals surface area contributed by atoms with Crippen LogP contribution in [0.4, 0.5) is 4.39 Å². The van der Waals surface area contributed by atoms with E-state index in [4.69, 9.17) is 6.42 Å². The van der Waals surface area contributed by atoms with Crippen molar-refractivity contribution >= 4 is 0 Å². The molecule has 48 valence electrons. The fraction of sp³-hybridized carbons (Fsp3) is 0.250. The van der Waals surface area contributed by atoms with E-state index in [9.17, 15) is 4.39 Å². The molecule has 0 aromatic carbocycles. The molecule has 0 radical (unpaired) electrons. The van der Waals surface area contributed by atoms with Crippen molar-refractivity contribution in [3.05, 3.63) is 23.6 Å². The summed E-state index contributed by atoms with van der Waals surface area (Å²) in [6.07, 6.45) is 7.29. The minimum Gasteiger partial charge on any atom is -0.206 e. The second-order valence-electron chi connectivity index (χ2n) is 1.92. The number of rotatable bonds is 1. The lowest BCUT2D eigenvalue weighted by molar-refractivity contribution is 0.666. The molecule has 0 aliphatic heterocycles. The summed E-state index contributed by atoms with van der Waals surface area (Å²) in [5.41, 5.74) is 0.902. The lowest BCUT2D eigenvalue weighted by atomic mass is 10.3. The first-order valence-electron chi connectivity index (χ1n) is 2.63. The zero-order valence-corrected chi connectivity index (χ0v) is 5.61. The smallest absolute Gasteiger partial charge is 0.131 e. The molecule has 0 aromatic rings. The predicted molar refractivity (Wildman–Crippen MR) is 37.5 cm³/mol. The Morgan fingerprint density at radius 3 is 2.44 bits per heavy atom.